The number of hydrogen-bond donors (Lipinski definition) is 0. The van der Waals surface area contributed by atoms with E-state index < -0.39 is 5.41 Å². The molecular formula is C26H33BrN2O2. The predicted molar refractivity (Wildman–Crippen MR) is 130 cm³/mol. The van der Waals surface area contributed by atoms with Crippen molar-refractivity contribution in [1.82, 2.24) is 9.80 Å². The van der Waals surface area contributed by atoms with Crippen molar-refractivity contribution in [2.45, 2.75) is 43.6 Å². The van der Waals surface area contributed by atoms with Gasteiger partial charge in [0.25, 0.3) is 0 Å². The fourth-order valence-corrected chi connectivity index (χ4v) is 5.08. The molecule has 0 radical (unpaired) electrons. The molecule has 1 unspecified atom stereocenters. The molecule has 1 aliphatic heterocycles. The van der Waals surface area contributed by atoms with E-state index in [2.05, 4.69) is 20.8 Å². The first-order valence-electron chi connectivity index (χ1n) is 11.1. The number of amides is 1. The normalized spacial score (nSPS) is 16.0. The van der Waals surface area contributed by atoms with Crippen LogP contribution in [0.4, 0.5) is 0 Å². The van der Waals surface area contributed by atoms with Crippen LogP contribution in [-0.4, -0.2) is 60.0 Å². The van der Waals surface area contributed by atoms with E-state index in [-0.39, 0.29) is 17.7 Å². The monoisotopic (exact) mass is 484 g/mol. The van der Waals surface area contributed by atoms with E-state index >= 15 is 0 Å². The summed E-state index contributed by atoms with van der Waals surface area (Å²) < 4.78 is 0. The highest BCUT2D eigenvalue weighted by molar-refractivity contribution is 9.09. The van der Waals surface area contributed by atoms with Crippen LogP contribution in [0.3, 0.4) is 0 Å². The van der Waals surface area contributed by atoms with Gasteiger partial charge in [-0.15, -0.1) is 0 Å². The molecule has 2 aromatic carbocycles. The topological polar surface area (TPSA) is 40.6 Å². The first-order valence-corrected chi connectivity index (χ1v) is 12.3. The number of ketones is 1. The summed E-state index contributed by atoms with van der Waals surface area (Å²) >= 11 is 3.35. The molecule has 1 fully saturated rings. The lowest BCUT2D eigenvalue weighted by molar-refractivity contribution is -0.134. The van der Waals surface area contributed by atoms with Gasteiger partial charge < -0.3 is 4.90 Å². The van der Waals surface area contributed by atoms with Gasteiger partial charge in [-0.3, -0.25) is 14.5 Å². The second-order valence-electron chi connectivity index (χ2n) is 8.67. The maximum absolute atomic E-state index is 14.0. The molecule has 1 atom stereocenters. The number of hydrogen-bond acceptors (Lipinski definition) is 3. The summed E-state index contributed by atoms with van der Waals surface area (Å²) in [5, 5.41) is 0.350. The number of piperidine rings is 1. The van der Waals surface area contributed by atoms with Crippen molar-refractivity contribution >= 4 is 27.6 Å². The molecule has 3 rings (SSSR count). The quantitative estimate of drug-likeness (QED) is 0.486. The van der Waals surface area contributed by atoms with Gasteiger partial charge in [-0.2, -0.15) is 0 Å². The third-order valence-corrected chi connectivity index (χ3v) is 6.99. The zero-order chi connectivity index (χ0) is 22.3. The number of carbonyl (C=O) groups excluding carboxylic acids is 2. The third-order valence-electron chi connectivity index (χ3n) is 6.37. The van der Waals surface area contributed by atoms with Gasteiger partial charge >= 0.3 is 0 Å². The van der Waals surface area contributed by atoms with Crippen LogP contribution in [0.1, 0.15) is 43.2 Å². The van der Waals surface area contributed by atoms with Crippen molar-refractivity contribution < 1.29 is 9.59 Å². The van der Waals surface area contributed by atoms with Gasteiger partial charge in [0.15, 0.2) is 0 Å². The van der Waals surface area contributed by atoms with Gasteiger partial charge in [-0.1, -0.05) is 83.0 Å². The summed E-state index contributed by atoms with van der Waals surface area (Å²) in [4.78, 5) is 30.6. The number of nitrogens with zero attached hydrogens (tertiary/aromatic N) is 2. The van der Waals surface area contributed by atoms with Gasteiger partial charge in [-0.05, 0) is 43.5 Å². The molecule has 0 bridgehead atoms. The Morgan fingerprint density at radius 2 is 1.45 bits per heavy atom. The number of rotatable bonds is 9. The maximum atomic E-state index is 14.0. The van der Waals surface area contributed by atoms with Crippen LogP contribution in [0, 0.1) is 0 Å². The Morgan fingerprint density at radius 3 is 1.90 bits per heavy atom. The number of alkyl halides is 1. The first kappa shape index (κ1) is 23.7. The average Bonchev–Trinajstić information content (AvgIpc) is 2.82. The van der Waals surface area contributed by atoms with E-state index in [0.717, 1.165) is 37.1 Å². The smallest absolute Gasteiger partial charge is 0.237 e. The van der Waals surface area contributed by atoms with Crippen LogP contribution in [0.15, 0.2) is 60.7 Å². The summed E-state index contributed by atoms with van der Waals surface area (Å²) in [5.74, 6) is 0.237. The first-order chi connectivity index (χ1) is 15.0. The predicted octanol–water partition coefficient (Wildman–Crippen LogP) is 4.66. The number of carbonyl (C=O) groups is 2. The largest absolute Gasteiger partial charge is 0.348 e. The molecule has 0 saturated carbocycles. The van der Waals surface area contributed by atoms with Crippen LogP contribution < -0.4 is 0 Å². The van der Waals surface area contributed by atoms with Crippen LogP contribution in [0.2, 0.25) is 0 Å². The summed E-state index contributed by atoms with van der Waals surface area (Å²) in [5.41, 5.74) is 1.11. The standard InChI is InChI=1S/C26H33BrN2O2/c1-28(2)25(31)26(21-12-6-3-7-13-21,22-14-8-4-9-15-22)19-23(18-24(30)20-27)29-16-10-5-11-17-29/h3-4,6-9,12-15,23H,5,10-11,16-20H2,1-2H3. The molecule has 0 aromatic heterocycles. The lowest BCUT2D eigenvalue weighted by Crippen LogP contribution is -2.51. The molecule has 31 heavy (non-hydrogen) atoms. The third kappa shape index (κ3) is 5.45. The molecule has 166 valence electrons. The molecule has 0 N–H and O–H groups in total. The van der Waals surface area contributed by atoms with E-state index in [1.807, 2.05) is 74.8 Å². The van der Waals surface area contributed by atoms with Crippen molar-refractivity contribution in [3.8, 4) is 0 Å². The van der Waals surface area contributed by atoms with E-state index in [1.165, 1.54) is 6.42 Å². The zero-order valence-corrected chi connectivity index (χ0v) is 20.2. The summed E-state index contributed by atoms with van der Waals surface area (Å²) in [6.07, 6.45) is 4.55. The van der Waals surface area contributed by atoms with E-state index in [4.69, 9.17) is 0 Å². The van der Waals surface area contributed by atoms with Crippen LogP contribution in [0.5, 0.6) is 0 Å². The Labute approximate surface area is 194 Å². The van der Waals surface area contributed by atoms with Crippen molar-refractivity contribution in [3.05, 3.63) is 71.8 Å². The molecule has 1 heterocycles. The van der Waals surface area contributed by atoms with Gasteiger partial charge in [0.1, 0.15) is 11.2 Å². The summed E-state index contributed by atoms with van der Waals surface area (Å²) in [6.45, 7) is 1.96. The minimum absolute atomic E-state index is 0.00895. The van der Waals surface area contributed by atoms with Crippen molar-refractivity contribution in [2.75, 3.05) is 32.5 Å². The molecule has 4 nitrogen and oxygen atoms in total. The van der Waals surface area contributed by atoms with Crippen LogP contribution in [0.25, 0.3) is 0 Å². The van der Waals surface area contributed by atoms with E-state index in [0.29, 0.717) is 18.2 Å². The highest BCUT2D eigenvalue weighted by Crippen LogP contribution is 2.40. The Bertz CT molecular complexity index is 809. The number of Topliss-reactive ketones (excluding diaryl/α,β-unsaturated/α-hetero) is 1. The number of likely N-dealkylation sites (N-methyl/N-ethyl adjacent to an activating group) is 1. The molecule has 1 amide bonds. The summed E-state index contributed by atoms with van der Waals surface area (Å²) in [6, 6.07) is 20.2. The van der Waals surface area contributed by atoms with Crippen molar-refractivity contribution in [1.29, 1.82) is 0 Å². The minimum atomic E-state index is -0.847. The lowest BCUT2D eigenvalue weighted by Gasteiger charge is -2.42. The van der Waals surface area contributed by atoms with Gasteiger partial charge in [0.2, 0.25) is 5.91 Å². The molecule has 2 aromatic rings. The fourth-order valence-electron chi connectivity index (χ4n) is 4.85. The molecule has 1 aliphatic rings. The Morgan fingerprint density at radius 1 is 0.935 bits per heavy atom. The minimum Gasteiger partial charge on any atom is -0.348 e. The second kappa shape index (κ2) is 11.1. The zero-order valence-electron chi connectivity index (χ0n) is 18.6. The van der Waals surface area contributed by atoms with Gasteiger partial charge in [0.05, 0.1) is 5.33 Å². The Hall–Kier alpha value is -1.98. The van der Waals surface area contributed by atoms with Crippen molar-refractivity contribution in [3.63, 3.8) is 0 Å². The van der Waals surface area contributed by atoms with Gasteiger partial charge in [-0.25, -0.2) is 0 Å². The van der Waals surface area contributed by atoms with Crippen LogP contribution in [-0.2, 0) is 15.0 Å². The molecular weight excluding hydrogens is 452 g/mol. The van der Waals surface area contributed by atoms with Crippen LogP contribution >= 0.6 is 15.9 Å². The second-order valence-corrected chi connectivity index (χ2v) is 9.23. The van der Waals surface area contributed by atoms with E-state index in [9.17, 15) is 9.59 Å². The summed E-state index contributed by atoms with van der Waals surface area (Å²) in [7, 11) is 3.64. The average molecular weight is 485 g/mol. The van der Waals surface area contributed by atoms with E-state index in [1.54, 1.807) is 4.90 Å². The maximum Gasteiger partial charge on any atom is 0.237 e. The fraction of sp³-hybridized carbons (Fsp3) is 0.462. The molecule has 0 aliphatic carbocycles. The van der Waals surface area contributed by atoms with Crippen molar-refractivity contribution in [2.24, 2.45) is 0 Å². The lowest BCUT2D eigenvalue weighted by atomic mass is 9.68. The SMILES string of the molecule is CN(C)C(=O)C(CC(CC(=O)CBr)N1CCCCC1)(c1ccccc1)c1ccccc1. The van der Waals surface area contributed by atoms with Gasteiger partial charge in [0, 0.05) is 26.6 Å². The molecule has 0 spiro atoms. The Balaban J connectivity index is 2.15. The Kier molecular flexibility index (Phi) is 8.44. The number of halogens is 1. The molecule has 1 saturated heterocycles. The highest BCUT2D eigenvalue weighted by atomic mass is 79.9. The number of benzene rings is 2. The highest BCUT2D eigenvalue weighted by Gasteiger charge is 2.45. The number of likely N-dealkylation sites (tertiary alicyclic amines) is 1. The molecule has 5 heteroatoms.